The minimum absolute atomic E-state index is 0.334. The van der Waals surface area contributed by atoms with E-state index in [9.17, 15) is 9.59 Å². The van der Waals surface area contributed by atoms with Crippen LogP contribution in [0.1, 0.15) is 27.3 Å². The number of aromatic nitrogens is 2. The van der Waals surface area contributed by atoms with Gasteiger partial charge in [0.05, 0.1) is 0 Å². The van der Waals surface area contributed by atoms with Gasteiger partial charge in [-0.2, -0.15) is 0 Å². The summed E-state index contributed by atoms with van der Waals surface area (Å²) < 4.78 is 0. The predicted octanol–water partition coefficient (Wildman–Crippen LogP) is 1.56. The quantitative estimate of drug-likeness (QED) is 0.871. The number of H-pyrrole nitrogens is 1. The molecule has 0 unspecified atom stereocenters. The van der Waals surface area contributed by atoms with Crippen molar-refractivity contribution in [2.75, 3.05) is 0 Å². The van der Waals surface area contributed by atoms with Crippen molar-refractivity contribution in [1.29, 1.82) is 0 Å². The highest BCUT2D eigenvalue weighted by Crippen LogP contribution is 2.06. The Morgan fingerprint density at radius 3 is 2.79 bits per heavy atom. The molecule has 0 aliphatic rings. The number of benzene rings is 1. The van der Waals surface area contributed by atoms with Crippen LogP contribution in [0.25, 0.3) is 0 Å². The largest absolute Gasteiger partial charge is 0.477 e. The molecule has 2 N–H and O–H groups in total. The SMILES string of the molecule is Cc1cccc(CCc2ncc(C(=O)O)c(=O)[nH]2)c1. The monoisotopic (exact) mass is 258 g/mol. The van der Waals surface area contributed by atoms with Gasteiger partial charge in [-0.15, -0.1) is 0 Å². The van der Waals surface area contributed by atoms with Crippen molar-refractivity contribution >= 4 is 5.97 Å². The zero-order valence-electron chi connectivity index (χ0n) is 10.5. The summed E-state index contributed by atoms with van der Waals surface area (Å²) in [5, 5.41) is 8.73. The number of hydrogen-bond donors (Lipinski definition) is 2. The van der Waals surface area contributed by atoms with Crippen molar-refractivity contribution in [1.82, 2.24) is 9.97 Å². The lowest BCUT2D eigenvalue weighted by atomic mass is 10.1. The van der Waals surface area contributed by atoms with Gasteiger partial charge in [0.25, 0.3) is 5.56 Å². The van der Waals surface area contributed by atoms with Crippen molar-refractivity contribution in [3.8, 4) is 0 Å². The molecule has 0 radical (unpaired) electrons. The van der Waals surface area contributed by atoms with E-state index < -0.39 is 11.5 Å². The smallest absolute Gasteiger partial charge is 0.342 e. The zero-order chi connectivity index (χ0) is 13.8. The van der Waals surface area contributed by atoms with Gasteiger partial charge < -0.3 is 10.1 Å². The molecular weight excluding hydrogens is 244 g/mol. The third-order valence-corrected chi connectivity index (χ3v) is 2.82. The molecule has 0 saturated heterocycles. The fraction of sp³-hybridized carbons (Fsp3) is 0.214. The zero-order valence-corrected chi connectivity index (χ0v) is 10.5. The van der Waals surface area contributed by atoms with Gasteiger partial charge in [-0.05, 0) is 18.9 Å². The van der Waals surface area contributed by atoms with Gasteiger partial charge in [0.1, 0.15) is 11.4 Å². The van der Waals surface area contributed by atoms with E-state index in [1.54, 1.807) is 0 Å². The Hall–Kier alpha value is -2.43. The summed E-state index contributed by atoms with van der Waals surface area (Å²) in [6.07, 6.45) is 2.42. The van der Waals surface area contributed by atoms with Crippen molar-refractivity contribution < 1.29 is 9.90 Å². The van der Waals surface area contributed by atoms with E-state index in [1.807, 2.05) is 25.1 Å². The van der Waals surface area contributed by atoms with E-state index in [0.717, 1.165) is 18.2 Å². The molecule has 1 aromatic carbocycles. The van der Waals surface area contributed by atoms with E-state index in [1.165, 1.54) is 5.56 Å². The van der Waals surface area contributed by atoms with Gasteiger partial charge >= 0.3 is 5.97 Å². The highest BCUT2D eigenvalue weighted by molar-refractivity contribution is 5.86. The molecule has 19 heavy (non-hydrogen) atoms. The number of nitrogens with zero attached hydrogens (tertiary/aromatic N) is 1. The Morgan fingerprint density at radius 2 is 2.16 bits per heavy atom. The Morgan fingerprint density at radius 1 is 1.37 bits per heavy atom. The molecule has 0 aliphatic carbocycles. The average Bonchev–Trinajstić information content (AvgIpc) is 2.36. The number of nitrogens with one attached hydrogen (secondary N) is 1. The number of aromatic amines is 1. The van der Waals surface area contributed by atoms with Gasteiger partial charge in [0.15, 0.2) is 0 Å². The third kappa shape index (κ3) is 3.28. The molecule has 5 nitrogen and oxygen atoms in total. The summed E-state index contributed by atoms with van der Waals surface area (Å²) in [4.78, 5) is 28.6. The Kier molecular flexibility index (Phi) is 3.75. The summed E-state index contributed by atoms with van der Waals surface area (Å²) in [5.74, 6) is -0.768. The van der Waals surface area contributed by atoms with E-state index in [-0.39, 0.29) is 5.56 Å². The molecule has 0 aliphatic heterocycles. The number of aryl methyl sites for hydroxylation is 3. The average molecular weight is 258 g/mol. The summed E-state index contributed by atoms with van der Waals surface area (Å²) in [6.45, 7) is 2.02. The Labute approximate surface area is 110 Å². The Balaban J connectivity index is 2.10. The lowest BCUT2D eigenvalue weighted by Crippen LogP contribution is -2.20. The van der Waals surface area contributed by atoms with Gasteiger partial charge in [0, 0.05) is 12.6 Å². The molecule has 0 spiro atoms. The van der Waals surface area contributed by atoms with Crippen LogP contribution in [-0.4, -0.2) is 21.0 Å². The summed E-state index contributed by atoms with van der Waals surface area (Å²) in [6, 6.07) is 8.08. The second-order valence-electron chi connectivity index (χ2n) is 4.37. The maximum Gasteiger partial charge on any atom is 0.342 e. The van der Waals surface area contributed by atoms with Crippen LogP contribution in [0, 0.1) is 6.92 Å². The number of hydrogen-bond acceptors (Lipinski definition) is 3. The summed E-state index contributed by atoms with van der Waals surface area (Å²) in [5.41, 5.74) is 1.39. The second-order valence-corrected chi connectivity index (χ2v) is 4.37. The molecule has 0 bridgehead atoms. The van der Waals surface area contributed by atoms with E-state index >= 15 is 0 Å². The van der Waals surface area contributed by atoms with Crippen LogP contribution in [-0.2, 0) is 12.8 Å². The lowest BCUT2D eigenvalue weighted by Gasteiger charge is -2.03. The molecule has 5 heteroatoms. The summed E-state index contributed by atoms with van der Waals surface area (Å²) >= 11 is 0. The summed E-state index contributed by atoms with van der Waals surface area (Å²) in [7, 11) is 0. The normalized spacial score (nSPS) is 10.4. The topological polar surface area (TPSA) is 83.0 Å². The van der Waals surface area contributed by atoms with Crippen molar-refractivity contribution in [3.05, 3.63) is 63.3 Å². The van der Waals surface area contributed by atoms with E-state index in [4.69, 9.17) is 5.11 Å². The Bertz CT molecular complexity index is 662. The lowest BCUT2D eigenvalue weighted by molar-refractivity contribution is 0.0694. The third-order valence-electron chi connectivity index (χ3n) is 2.82. The molecule has 1 aromatic heterocycles. The van der Waals surface area contributed by atoms with Crippen LogP contribution in [0.5, 0.6) is 0 Å². The molecule has 2 aromatic rings. The molecule has 1 heterocycles. The van der Waals surface area contributed by atoms with Crippen LogP contribution in [0.15, 0.2) is 35.3 Å². The number of carboxylic acid groups (broad SMARTS) is 1. The fourth-order valence-electron chi connectivity index (χ4n) is 1.84. The van der Waals surface area contributed by atoms with Crippen LogP contribution in [0.2, 0.25) is 0 Å². The van der Waals surface area contributed by atoms with Gasteiger partial charge in [0.2, 0.25) is 0 Å². The molecule has 0 amide bonds. The predicted molar refractivity (Wildman–Crippen MR) is 70.4 cm³/mol. The molecule has 0 atom stereocenters. The number of carboxylic acids is 1. The maximum absolute atomic E-state index is 11.5. The van der Waals surface area contributed by atoms with Gasteiger partial charge in [-0.3, -0.25) is 4.79 Å². The molecule has 98 valence electrons. The highest BCUT2D eigenvalue weighted by Gasteiger charge is 2.09. The number of carbonyl (C=O) groups is 1. The first-order valence-electron chi connectivity index (χ1n) is 5.93. The van der Waals surface area contributed by atoms with E-state index in [2.05, 4.69) is 16.0 Å². The first-order valence-corrected chi connectivity index (χ1v) is 5.93. The molecule has 0 fully saturated rings. The molecule has 0 saturated carbocycles. The van der Waals surface area contributed by atoms with Crippen LogP contribution in [0.3, 0.4) is 0 Å². The second kappa shape index (κ2) is 5.48. The van der Waals surface area contributed by atoms with Crippen molar-refractivity contribution in [2.24, 2.45) is 0 Å². The van der Waals surface area contributed by atoms with Gasteiger partial charge in [-0.1, -0.05) is 29.8 Å². The van der Waals surface area contributed by atoms with Crippen molar-refractivity contribution in [3.63, 3.8) is 0 Å². The molecular formula is C14H14N2O3. The first kappa shape index (κ1) is 13.0. The number of rotatable bonds is 4. The van der Waals surface area contributed by atoms with Crippen LogP contribution >= 0.6 is 0 Å². The standard InChI is InChI=1S/C14H14N2O3/c1-9-3-2-4-10(7-9)5-6-12-15-8-11(14(18)19)13(17)16-12/h2-4,7-8H,5-6H2,1H3,(H,18,19)(H,15,16,17). The minimum atomic E-state index is -1.26. The number of aromatic carboxylic acids is 1. The van der Waals surface area contributed by atoms with E-state index in [0.29, 0.717) is 12.2 Å². The van der Waals surface area contributed by atoms with Crippen LogP contribution < -0.4 is 5.56 Å². The highest BCUT2D eigenvalue weighted by atomic mass is 16.4. The van der Waals surface area contributed by atoms with Gasteiger partial charge in [-0.25, -0.2) is 9.78 Å². The van der Waals surface area contributed by atoms with Crippen molar-refractivity contribution in [2.45, 2.75) is 19.8 Å². The molecule has 2 rings (SSSR count). The maximum atomic E-state index is 11.5. The fourth-order valence-corrected chi connectivity index (χ4v) is 1.84. The first-order chi connectivity index (χ1) is 9.06. The minimum Gasteiger partial charge on any atom is -0.477 e. The van der Waals surface area contributed by atoms with Crippen LogP contribution in [0.4, 0.5) is 0 Å².